The lowest BCUT2D eigenvalue weighted by molar-refractivity contribution is -0.136. The van der Waals surface area contributed by atoms with Crippen molar-refractivity contribution in [3.8, 4) is 0 Å². The molecule has 15 heavy (non-hydrogen) atoms. The van der Waals surface area contributed by atoms with Crippen LogP contribution in [-0.2, 0) is 14.3 Å². The van der Waals surface area contributed by atoms with Crippen molar-refractivity contribution in [1.29, 1.82) is 0 Å². The Balaban J connectivity index is 0.000000583. The summed E-state index contributed by atoms with van der Waals surface area (Å²) in [6.45, 7) is 6.81. The average molecular weight is 215 g/mol. The van der Waals surface area contributed by atoms with Crippen molar-refractivity contribution in [2.24, 2.45) is 0 Å². The van der Waals surface area contributed by atoms with E-state index in [0.29, 0.717) is 39.1 Å². The van der Waals surface area contributed by atoms with Crippen LogP contribution in [0.1, 0.15) is 33.1 Å². The van der Waals surface area contributed by atoms with Crippen LogP contribution in [0.3, 0.4) is 0 Å². The van der Waals surface area contributed by atoms with E-state index in [1.165, 1.54) is 6.42 Å². The second-order valence-electron chi connectivity index (χ2n) is 3.41. The van der Waals surface area contributed by atoms with Gasteiger partial charge in [-0.05, 0) is 0 Å². The number of carbonyl (C=O) groups is 2. The lowest BCUT2D eigenvalue weighted by Crippen LogP contribution is -2.40. The highest BCUT2D eigenvalue weighted by Crippen LogP contribution is 2.00. The monoisotopic (exact) mass is 215 g/mol. The van der Waals surface area contributed by atoms with Crippen LogP contribution in [0.25, 0.3) is 0 Å². The summed E-state index contributed by atoms with van der Waals surface area (Å²) in [6, 6.07) is 0. The van der Waals surface area contributed by atoms with Gasteiger partial charge in [0.15, 0.2) is 0 Å². The Bertz CT molecular complexity index is 177. The third-order valence-electron chi connectivity index (χ3n) is 1.84. The average Bonchev–Trinajstić information content (AvgIpc) is 2.28. The number of aldehydes is 1. The molecule has 1 rings (SSSR count). The summed E-state index contributed by atoms with van der Waals surface area (Å²) in [5.74, 6) is 0.0606. The van der Waals surface area contributed by atoms with Crippen LogP contribution in [0.15, 0.2) is 0 Å². The molecule has 0 aliphatic carbocycles. The highest BCUT2D eigenvalue weighted by Gasteiger charge is 2.15. The predicted octanol–water partition coefficient (Wildman–Crippen LogP) is 1.24. The molecule has 1 amide bonds. The number of hydrogen-bond donors (Lipinski definition) is 0. The Morgan fingerprint density at radius 3 is 2.33 bits per heavy atom. The zero-order valence-corrected chi connectivity index (χ0v) is 9.70. The first kappa shape index (κ1) is 14.1. The lowest BCUT2D eigenvalue weighted by Gasteiger charge is -2.26. The number of morpholine rings is 1. The maximum absolute atomic E-state index is 11.3. The van der Waals surface area contributed by atoms with Gasteiger partial charge in [0.1, 0.15) is 6.29 Å². The normalized spacial score (nSPS) is 15.2. The molecule has 1 fully saturated rings. The van der Waals surface area contributed by atoms with Gasteiger partial charge in [0.05, 0.1) is 13.2 Å². The molecule has 88 valence electrons. The van der Waals surface area contributed by atoms with Gasteiger partial charge in [0.25, 0.3) is 0 Å². The SMILES string of the molecule is CCC.O=CCCC(=O)N1CCOCC1. The summed E-state index contributed by atoms with van der Waals surface area (Å²) >= 11 is 0. The highest BCUT2D eigenvalue weighted by molar-refractivity contribution is 5.78. The molecule has 0 atom stereocenters. The van der Waals surface area contributed by atoms with E-state index in [-0.39, 0.29) is 5.91 Å². The summed E-state index contributed by atoms with van der Waals surface area (Å²) in [5.41, 5.74) is 0. The molecule has 0 aromatic rings. The lowest BCUT2D eigenvalue weighted by atomic mass is 10.3. The van der Waals surface area contributed by atoms with Crippen LogP contribution in [-0.4, -0.2) is 43.4 Å². The van der Waals surface area contributed by atoms with Crippen molar-refractivity contribution < 1.29 is 14.3 Å². The molecule has 0 aromatic carbocycles. The number of carbonyl (C=O) groups excluding carboxylic acids is 2. The topological polar surface area (TPSA) is 46.6 Å². The van der Waals surface area contributed by atoms with Gasteiger partial charge < -0.3 is 14.4 Å². The van der Waals surface area contributed by atoms with Crippen LogP contribution in [0.4, 0.5) is 0 Å². The van der Waals surface area contributed by atoms with Crippen LogP contribution < -0.4 is 0 Å². The first-order valence-corrected chi connectivity index (χ1v) is 5.55. The maximum Gasteiger partial charge on any atom is 0.223 e. The minimum absolute atomic E-state index is 0.0606. The number of hydrogen-bond acceptors (Lipinski definition) is 3. The van der Waals surface area contributed by atoms with Crippen molar-refractivity contribution in [2.45, 2.75) is 33.1 Å². The first-order valence-electron chi connectivity index (χ1n) is 5.55. The minimum atomic E-state index is 0.0606. The second-order valence-corrected chi connectivity index (χ2v) is 3.41. The van der Waals surface area contributed by atoms with E-state index < -0.39 is 0 Å². The fourth-order valence-electron chi connectivity index (χ4n) is 1.15. The van der Waals surface area contributed by atoms with Crippen LogP contribution in [0.5, 0.6) is 0 Å². The largest absolute Gasteiger partial charge is 0.378 e. The molecule has 4 nitrogen and oxygen atoms in total. The fraction of sp³-hybridized carbons (Fsp3) is 0.818. The molecule has 0 saturated carbocycles. The zero-order valence-electron chi connectivity index (χ0n) is 9.70. The quantitative estimate of drug-likeness (QED) is 0.665. The van der Waals surface area contributed by atoms with E-state index in [9.17, 15) is 9.59 Å². The van der Waals surface area contributed by atoms with Crippen molar-refractivity contribution in [2.75, 3.05) is 26.3 Å². The summed E-state index contributed by atoms with van der Waals surface area (Å²) in [6.07, 6.45) is 2.69. The van der Waals surface area contributed by atoms with Crippen molar-refractivity contribution in [3.05, 3.63) is 0 Å². The third-order valence-corrected chi connectivity index (χ3v) is 1.84. The second kappa shape index (κ2) is 9.65. The van der Waals surface area contributed by atoms with E-state index in [4.69, 9.17) is 4.74 Å². The minimum Gasteiger partial charge on any atom is -0.378 e. The summed E-state index contributed by atoms with van der Waals surface area (Å²) in [4.78, 5) is 23.0. The smallest absolute Gasteiger partial charge is 0.223 e. The standard InChI is InChI=1S/C8H13NO3.C3H8/c10-5-1-2-8(11)9-3-6-12-7-4-9;1-3-2/h5H,1-4,6-7H2;3H2,1-2H3. The Morgan fingerprint density at radius 1 is 1.33 bits per heavy atom. The van der Waals surface area contributed by atoms with E-state index in [0.717, 1.165) is 6.29 Å². The highest BCUT2D eigenvalue weighted by atomic mass is 16.5. The van der Waals surface area contributed by atoms with Gasteiger partial charge in [-0.25, -0.2) is 0 Å². The predicted molar refractivity (Wildman–Crippen MR) is 58.7 cm³/mol. The van der Waals surface area contributed by atoms with E-state index in [1.807, 2.05) is 0 Å². The van der Waals surface area contributed by atoms with Gasteiger partial charge in [-0.15, -0.1) is 0 Å². The number of amides is 1. The Hall–Kier alpha value is -0.900. The molecule has 0 radical (unpaired) electrons. The number of nitrogens with zero attached hydrogens (tertiary/aromatic N) is 1. The molecule has 1 aliphatic rings. The van der Waals surface area contributed by atoms with Gasteiger partial charge in [0, 0.05) is 25.9 Å². The van der Waals surface area contributed by atoms with Crippen LogP contribution >= 0.6 is 0 Å². The van der Waals surface area contributed by atoms with E-state index >= 15 is 0 Å². The molecule has 0 spiro atoms. The van der Waals surface area contributed by atoms with Crippen molar-refractivity contribution in [3.63, 3.8) is 0 Å². The molecular formula is C11H21NO3. The molecular weight excluding hydrogens is 194 g/mol. The Morgan fingerprint density at radius 2 is 1.87 bits per heavy atom. The molecule has 0 N–H and O–H groups in total. The van der Waals surface area contributed by atoms with Gasteiger partial charge in [0.2, 0.25) is 5.91 Å². The van der Waals surface area contributed by atoms with Gasteiger partial charge in [-0.3, -0.25) is 4.79 Å². The molecule has 0 bridgehead atoms. The molecule has 1 heterocycles. The first-order chi connectivity index (χ1) is 7.26. The summed E-state index contributed by atoms with van der Waals surface area (Å²) in [5, 5.41) is 0. The molecule has 4 heteroatoms. The van der Waals surface area contributed by atoms with Crippen LogP contribution in [0, 0.1) is 0 Å². The van der Waals surface area contributed by atoms with Gasteiger partial charge in [-0.1, -0.05) is 20.3 Å². The summed E-state index contributed by atoms with van der Waals surface area (Å²) in [7, 11) is 0. The van der Waals surface area contributed by atoms with Crippen molar-refractivity contribution in [1.82, 2.24) is 4.90 Å². The Kier molecular flexibility index (Phi) is 9.07. The Labute approximate surface area is 91.6 Å². The zero-order chi connectivity index (χ0) is 11.5. The third kappa shape index (κ3) is 7.08. The molecule has 0 unspecified atom stereocenters. The molecule has 1 saturated heterocycles. The molecule has 1 aliphatic heterocycles. The van der Waals surface area contributed by atoms with Gasteiger partial charge >= 0.3 is 0 Å². The van der Waals surface area contributed by atoms with Crippen LogP contribution in [0.2, 0.25) is 0 Å². The number of ether oxygens (including phenoxy) is 1. The van der Waals surface area contributed by atoms with E-state index in [2.05, 4.69) is 13.8 Å². The summed E-state index contributed by atoms with van der Waals surface area (Å²) < 4.78 is 5.09. The van der Waals surface area contributed by atoms with E-state index in [1.54, 1.807) is 4.90 Å². The fourth-order valence-corrected chi connectivity index (χ4v) is 1.15. The molecule has 0 aromatic heterocycles. The van der Waals surface area contributed by atoms with Crippen molar-refractivity contribution >= 4 is 12.2 Å². The van der Waals surface area contributed by atoms with Gasteiger partial charge in [-0.2, -0.15) is 0 Å². The number of rotatable bonds is 3. The maximum atomic E-state index is 11.3.